The van der Waals surface area contributed by atoms with Gasteiger partial charge in [0.15, 0.2) is 5.76 Å². The van der Waals surface area contributed by atoms with Crippen LogP contribution in [0.15, 0.2) is 53.1 Å². The Morgan fingerprint density at radius 2 is 1.79 bits per heavy atom. The molecule has 148 valence electrons. The lowest BCUT2D eigenvalue weighted by Gasteiger charge is -2.14. The fraction of sp³-hybridized carbons (Fsp3) is 0.333. The largest absolute Gasteiger partial charge is 0.494 e. The Bertz CT molecular complexity index is 899. The second kappa shape index (κ2) is 9.12. The number of aromatic nitrogens is 2. The third-order valence-electron chi connectivity index (χ3n) is 4.15. The molecule has 0 bridgehead atoms. The lowest BCUT2D eigenvalue weighted by atomic mass is 10.3. The minimum Gasteiger partial charge on any atom is -0.494 e. The molecular weight excluding hydrogens is 358 g/mol. The van der Waals surface area contributed by atoms with Crippen LogP contribution >= 0.6 is 0 Å². The highest BCUT2D eigenvalue weighted by Crippen LogP contribution is 2.19. The zero-order chi connectivity index (χ0) is 19.9. The van der Waals surface area contributed by atoms with E-state index in [1.165, 1.54) is 0 Å². The number of aryl methyl sites for hydroxylation is 1. The molecule has 7 nitrogen and oxygen atoms in total. The molecule has 0 radical (unpaired) electrons. The lowest BCUT2D eigenvalue weighted by molar-refractivity contribution is 0.0747. The van der Waals surface area contributed by atoms with Crippen molar-refractivity contribution in [3.63, 3.8) is 0 Å². The lowest BCUT2D eigenvalue weighted by Crippen LogP contribution is -2.26. The van der Waals surface area contributed by atoms with Crippen LogP contribution in [0.2, 0.25) is 0 Å². The molecule has 7 heteroatoms. The fourth-order valence-corrected chi connectivity index (χ4v) is 2.69. The van der Waals surface area contributed by atoms with Crippen LogP contribution in [0.25, 0.3) is 0 Å². The fourth-order valence-electron chi connectivity index (χ4n) is 2.69. The van der Waals surface area contributed by atoms with E-state index in [9.17, 15) is 4.79 Å². The third-order valence-corrected chi connectivity index (χ3v) is 4.15. The molecule has 0 aliphatic rings. The third kappa shape index (κ3) is 4.94. The van der Waals surface area contributed by atoms with E-state index >= 15 is 0 Å². The normalized spacial score (nSPS) is 10.7. The molecule has 0 spiro atoms. The molecule has 3 rings (SSSR count). The summed E-state index contributed by atoms with van der Waals surface area (Å²) in [4.78, 5) is 14.1. The number of benzene rings is 1. The molecule has 28 heavy (non-hydrogen) atoms. The van der Waals surface area contributed by atoms with Crippen LogP contribution in [0, 0.1) is 0 Å². The molecule has 0 aliphatic carbocycles. The van der Waals surface area contributed by atoms with Crippen molar-refractivity contribution in [1.82, 2.24) is 14.7 Å². The Morgan fingerprint density at radius 3 is 2.43 bits per heavy atom. The topological polar surface area (TPSA) is 69.7 Å². The maximum absolute atomic E-state index is 12.6. The van der Waals surface area contributed by atoms with Crippen molar-refractivity contribution < 1.29 is 18.7 Å². The van der Waals surface area contributed by atoms with Gasteiger partial charge in [0.05, 0.1) is 18.8 Å². The molecule has 2 aromatic heterocycles. The standard InChI is InChI=1S/C21H25N3O4/c1-4-24-13-12-16(22-24)14-23(3)21(25)20-11-10-19(28-20)15-27-18-8-6-17(7-9-18)26-5-2/h6-13H,4-5,14-15H2,1-3H3. The summed E-state index contributed by atoms with van der Waals surface area (Å²) >= 11 is 0. The molecule has 0 unspecified atom stereocenters. The zero-order valence-corrected chi connectivity index (χ0v) is 16.4. The molecule has 0 aliphatic heterocycles. The summed E-state index contributed by atoms with van der Waals surface area (Å²) in [5, 5.41) is 4.39. The van der Waals surface area contributed by atoms with E-state index < -0.39 is 0 Å². The quantitative estimate of drug-likeness (QED) is 0.563. The highest BCUT2D eigenvalue weighted by Gasteiger charge is 2.17. The van der Waals surface area contributed by atoms with Gasteiger partial charge in [-0.05, 0) is 56.3 Å². The molecule has 3 aromatic rings. The molecule has 1 aromatic carbocycles. The van der Waals surface area contributed by atoms with Crippen molar-refractivity contribution >= 4 is 5.91 Å². The van der Waals surface area contributed by atoms with Gasteiger partial charge in [0, 0.05) is 19.8 Å². The summed E-state index contributed by atoms with van der Waals surface area (Å²) in [6.45, 7) is 6.04. The van der Waals surface area contributed by atoms with Crippen molar-refractivity contribution in [1.29, 1.82) is 0 Å². The number of hydrogen-bond donors (Lipinski definition) is 0. The van der Waals surface area contributed by atoms with Gasteiger partial charge in [-0.1, -0.05) is 0 Å². The average molecular weight is 383 g/mol. The van der Waals surface area contributed by atoms with E-state index in [0.717, 1.165) is 18.0 Å². The van der Waals surface area contributed by atoms with Gasteiger partial charge in [0.2, 0.25) is 0 Å². The Labute approximate surface area is 164 Å². The van der Waals surface area contributed by atoms with Gasteiger partial charge in [-0.3, -0.25) is 9.48 Å². The number of amides is 1. The number of ether oxygens (including phenoxy) is 2. The summed E-state index contributed by atoms with van der Waals surface area (Å²) in [5.74, 6) is 2.17. The molecule has 0 saturated heterocycles. The summed E-state index contributed by atoms with van der Waals surface area (Å²) in [6, 6.07) is 12.7. The van der Waals surface area contributed by atoms with Gasteiger partial charge >= 0.3 is 0 Å². The van der Waals surface area contributed by atoms with Crippen molar-refractivity contribution in [2.24, 2.45) is 0 Å². The molecule has 1 amide bonds. The van der Waals surface area contributed by atoms with Gasteiger partial charge in [-0.2, -0.15) is 5.10 Å². The molecular formula is C21H25N3O4. The van der Waals surface area contributed by atoms with Crippen LogP contribution in [0.4, 0.5) is 0 Å². The van der Waals surface area contributed by atoms with Crippen molar-refractivity contribution in [2.75, 3.05) is 13.7 Å². The molecule has 0 N–H and O–H groups in total. The number of rotatable bonds is 9. The van der Waals surface area contributed by atoms with E-state index in [4.69, 9.17) is 13.9 Å². The first kappa shape index (κ1) is 19.5. The number of hydrogen-bond acceptors (Lipinski definition) is 5. The van der Waals surface area contributed by atoms with Crippen LogP contribution in [-0.4, -0.2) is 34.2 Å². The smallest absolute Gasteiger partial charge is 0.289 e. The number of furan rings is 1. The van der Waals surface area contributed by atoms with E-state index in [1.54, 1.807) is 24.1 Å². The second-order valence-corrected chi connectivity index (χ2v) is 6.28. The predicted octanol–water partition coefficient (Wildman–Crippen LogP) is 3.75. The Balaban J connectivity index is 1.54. The maximum Gasteiger partial charge on any atom is 0.289 e. The minimum atomic E-state index is -0.196. The Morgan fingerprint density at radius 1 is 1.07 bits per heavy atom. The van der Waals surface area contributed by atoms with E-state index in [2.05, 4.69) is 5.10 Å². The van der Waals surface area contributed by atoms with Crippen LogP contribution < -0.4 is 9.47 Å². The summed E-state index contributed by atoms with van der Waals surface area (Å²) in [5.41, 5.74) is 0.836. The molecule has 0 saturated carbocycles. The van der Waals surface area contributed by atoms with E-state index in [-0.39, 0.29) is 18.3 Å². The van der Waals surface area contributed by atoms with Gasteiger partial charge in [0.25, 0.3) is 5.91 Å². The Kier molecular flexibility index (Phi) is 6.37. The monoisotopic (exact) mass is 383 g/mol. The molecule has 2 heterocycles. The SMILES string of the molecule is CCOc1ccc(OCc2ccc(C(=O)N(C)Cc3ccn(CC)n3)o2)cc1. The van der Waals surface area contributed by atoms with Crippen LogP contribution in [0.5, 0.6) is 11.5 Å². The summed E-state index contributed by atoms with van der Waals surface area (Å²) < 4.78 is 18.6. The molecule has 0 fully saturated rings. The van der Waals surface area contributed by atoms with Gasteiger partial charge < -0.3 is 18.8 Å². The van der Waals surface area contributed by atoms with Crippen LogP contribution in [0.1, 0.15) is 35.9 Å². The first-order valence-electron chi connectivity index (χ1n) is 9.31. The highest BCUT2D eigenvalue weighted by atomic mass is 16.5. The second-order valence-electron chi connectivity index (χ2n) is 6.28. The van der Waals surface area contributed by atoms with Gasteiger partial charge in [0.1, 0.15) is 23.9 Å². The first-order chi connectivity index (χ1) is 13.6. The van der Waals surface area contributed by atoms with Gasteiger partial charge in [-0.25, -0.2) is 0 Å². The average Bonchev–Trinajstić information content (AvgIpc) is 3.36. The number of nitrogens with zero attached hydrogens (tertiary/aromatic N) is 3. The summed E-state index contributed by atoms with van der Waals surface area (Å²) in [7, 11) is 1.73. The van der Waals surface area contributed by atoms with Crippen molar-refractivity contribution in [3.8, 4) is 11.5 Å². The number of carbonyl (C=O) groups is 1. The van der Waals surface area contributed by atoms with E-state index in [0.29, 0.717) is 24.7 Å². The van der Waals surface area contributed by atoms with Gasteiger partial charge in [-0.15, -0.1) is 0 Å². The Hall–Kier alpha value is -3.22. The van der Waals surface area contributed by atoms with E-state index in [1.807, 2.05) is 55.1 Å². The van der Waals surface area contributed by atoms with Crippen LogP contribution in [-0.2, 0) is 19.7 Å². The molecule has 0 atom stereocenters. The minimum absolute atomic E-state index is 0.196. The van der Waals surface area contributed by atoms with Crippen LogP contribution in [0.3, 0.4) is 0 Å². The van der Waals surface area contributed by atoms with Crippen molar-refractivity contribution in [3.05, 3.63) is 65.9 Å². The highest BCUT2D eigenvalue weighted by molar-refractivity contribution is 5.91. The zero-order valence-electron chi connectivity index (χ0n) is 16.4. The predicted molar refractivity (Wildman–Crippen MR) is 104 cm³/mol. The maximum atomic E-state index is 12.6. The summed E-state index contributed by atoms with van der Waals surface area (Å²) in [6.07, 6.45) is 1.90. The van der Waals surface area contributed by atoms with Crippen molar-refractivity contribution in [2.45, 2.75) is 33.5 Å². The number of carbonyl (C=O) groups excluding carboxylic acids is 1. The first-order valence-corrected chi connectivity index (χ1v) is 9.31.